The molecule has 186 valence electrons. The van der Waals surface area contributed by atoms with Crippen LogP contribution in [0.25, 0.3) is 5.76 Å². The predicted molar refractivity (Wildman–Crippen MR) is 133 cm³/mol. The van der Waals surface area contributed by atoms with Crippen LogP contribution in [0.5, 0.6) is 17.2 Å². The molecule has 35 heavy (non-hydrogen) atoms. The van der Waals surface area contributed by atoms with E-state index in [0.29, 0.717) is 40.9 Å². The smallest absolute Gasteiger partial charge is 0.295 e. The zero-order valence-corrected chi connectivity index (χ0v) is 20.7. The van der Waals surface area contributed by atoms with Gasteiger partial charge in [-0.3, -0.25) is 9.59 Å². The van der Waals surface area contributed by atoms with E-state index in [1.54, 1.807) is 48.4 Å². The number of hydrogen-bond donors (Lipinski definition) is 1. The summed E-state index contributed by atoms with van der Waals surface area (Å²) in [5.74, 6) is 0.491. The first-order valence-electron chi connectivity index (χ1n) is 12.1. The second kappa shape index (κ2) is 10.4. The van der Waals surface area contributed by atoms with Gasteiger partial charge in [0.2, 0.25) is 0 Å². The number of nitrogens with zero attached hydrogens (tertiary/aromatic N) is 1. The molecule has 0 bridgehead atoms. The molecule has 2 aromatic carbocycles. The summed E-state index contributed by atoms with van der Waals surface area (Å²) in [6, 6.07) is 11.4. The highest BCUT2D eigenvalue weighted by molar-refractivity contribution is 6.46. The van der Waals surface area contributed by atoms with Crippen LogP contribution in [0.3, 0.4) is 0 Å². The molecule has 1 amide bonds. The Kier molecular flexibility index (Phi) is 7.34. The van der Waals surface area contributed by atoms with Crippen molar-refractivity contribution in [2.75, 3.05) is 20.8 Å². The lowest BCUT2D eigenvalue weighted by molar-refractivity contribution is -0.141. The number of amides is 1. The summed E-state index contributed by atoms with van der Waals surface area (Å²) >= 11 is 0. The van der Waals surface area contributed by atoms with Gasteiger partial charge in [0.1, 0.15) is 11.5 Å². The minimum Gasteiger partial charge on any atom is -0.507 e. The Morgan fingerprint density at radius 3 is 2.31 bits per heavy atom. The zero-order valence-electron chi connectivity index (χ0n) is 20.7. The number of ether oxygens (including phenoxy) is 3. The molecular formula is C28H33NO6. The van der Waals surface area contributed by atoms with Crippen LogP contribution in [0.4, 0.5) is 0 Å². The molecule has 1 N–H and O–H groups in total. The molecule has 0 radical (unpaired) electrons. The molecule has 1 aliphatic heterocycles. The Morgan fingerprint density at radius 2 is 1.71 bits per heavy atom. The van der Waals surface area contributed by atoms with Crippen molar-refractivity contribution in [3.8, 4) is 17.2 Å². The lowest BCUT2D eigenvalue weighted by atomic mass is 9.93. The van der Waals surface area contributed by atoms with E-state index in [2.05, 4.69) is 13.8 Å². The quantitative estimate of drug-likeness (QED) is 0.322. The first-order chi connectivity index (χ1) is 16.9. The van der Waals surface area contributed by atoms with E-state index >= 15 is 0 Å². The molecule has 1 saturated heterocycles. The van der Waals surface area contributed by atoms with Gasteiger partial charge in [-0.05, 0) is 49.1 Å². The van der Waals surface area contributed by atoms with Crippen molar-refractivity contribution in [2.24, 2.45) is 5.92 Å². The van der Waals surface area contributed by atoms with E-state index in [1.165, 1.54) is 7.11 Å². The van der Waals surface area contributed by atoms with Gasteiger partial charge in [0.05, 0.1) is 32.4 Å². The largest absolute Gasteiger partial charge is 0.507 e. The maximum Gasteiger partial charge on any atom is 0.295 e. The first kappa shape index (κ1) is 24.6. The fraction of sp³-hybridized carbons (Fsp3) is 0.429. The van der Waals surface area contributed by atoms with Crippen molar-refractivity contribution in [1.82, 2.24) is 4.90 Å². The third-order valence-electron chi connectivity index (χ3n) is 6.64. The average Bonchev–Trinajstić information content (AvgIpc) is 3.48. The Labute approximate surface area is 206 Å². The number of ketones is 1. The summed E-state index contributed by atoms with van der Waals surface area (Å²) in [6.07, 6.45) is 3.62. The van der Waals surface area contributed by atoms with Crippen LogP contribution in [0, 0.1) is 5.92 Å². The van der Waals surface area contributed by atoms with Crippen LogP contribution in [-0.4, -0.2) is 48.6 Å². The molecule has 4 rings (SSSR count). The van der Waals surface area contributed by atoms with Gasteiger partial charge in [-0.15, -0.1) is 0 Å². The number of aliphatic hydroxyl groups is 1. The highest BCUT2D eigenvalue weighted by Gasteiger charge is 2.50. The molecule has 0 spiro atoms. The molecule has 2 fully saturated rings. The molecule has 2 aliphatic rings. The van der Waals surface area contributed by atoms with Gasteiger partial charge in [0.25, 0.3) is 11.7 Å². The van der Waals surface area contributed by atoms with Crippen LogP contribution in [0.2, 0.25) is 0 Å². The number of hydrogen-bond acceptors (Lipinski definition) is 6. The Bertz CT molecular complexity index is 1110. The van der Waals surface area contributed by atoms with E-state index in [0.717, 1.165) is 25.7 Å². The van der Waals surface area contributed by atoms with E-state index in [9.17, 15) is 14.7 Å². The molecule has 2 aromatic rings. The molecule has 1 atom stereocenters. The Hall–Kier alpha value is -3.48. The van der Waals surface area contributed by atoms with Crippen LogP contribution in [-0.2, 0) is 9.59 Å². The molecular weight excluding hydrogens is 446 g/mol. The average molecular weight is 480 g/mol. The summed E-state index contributed by atoms with van der Waals surface area (Å²) in [5, 5.41) is 11.4. The van der Waals surface area contributed by atoms with Gasteiger partial charge in [-0.2, -0.15) is 0 Å². The number of benzene rings is 2. The van der Waals surface area contributed by atoms with Crippen molar-refractivity contribution >= 4 is 17.4 Å². The van der Waals surface area contributed by atoms with Crippen LogP contribution >= 0.6 is 0 Å². The number of methoxy groups -OCH3 is 2. The SMILES string of the molecule is COc1cccc(C2/C(=C(/O)c3ccc(OCC(C)C)cc3)C(=O)C(=O)N2C2CCCC2)c1OC. The number of aliphatic hydroxyl groups excluding tert-OH is 1. The van der Waals surface area contributed by atoms with Gasteiger partial charge >= 0.3 is 0 Å². The van der Waals surface area contributed by atoms with Gasteiger partial charge in [0.15, 0.2) is 11.5 Å². The fourth-order valence-electron chi connectivity index (χ4n) is 4.97. The number of likely N-dealkylation sites (tertiary alicyclic amines) is 1. The molecule has 7 nitrogen and oxygen atoms in total. The standard InChI is InChI=1S/C28H33NO6/c1-17(2)16-35-20-14-12-18(13-15-20)25(30)23-24(21-10-7-11-22(33-3)27(21)34-4)29(28(32)26(23)31)19-8-5-6-9-19/h7,10-15,17,19,24,30H,5-6,8-9,16H2,1-4H3/b25-23-. The second-order valence-electron chi connectivity index (χ2n) is 9.46. The maximum atomic E-state index is 13.4. The summed E-state index contributed by atoms with van der Waals surface area (Å²) < 4.78 is 16.9. The van der Waals surface area contributed by atoms with Crippen LogP contribution in [0.15, 0.2) is 48.0 Å². The van der Waals surface area contributed by atoms with E-state index in [4.69, 9.17) is 14.2 Å². The second-order valence-corrected chi connectivity index (χ2v) is 9.46. The van der Waals surface area contributed by atoms with Crippen LogP contribution in [0.1, 0.15) is 56.7 Å². The predicted octanol–water partition coefficient (Wildman–Crippen LogP) is 5.10. The van der Waals surface area contributed by atoms with Crippen molar-refractivity contribution < 1.29 is 28.9 Å². The van der Waals surface area contributed by atoms with Gasteiger partial charge in [-0.1, -0.05) is 38.8 Å². The zero-order chi connectivity index (χ0) is 25.1. The molecule has 1 unspecified atom stereocenters. The highest BCUT2D eigenvalue weighted by atomic mass is 16.5. The molecule has 0 aromatic heterocycles. The summed E-state index contributed by atoms with van der Waals surface area (Å²) in [7, 11) is 3.07. The van der Waals surface area contributed by atoms with Crippen molar-refractivity contribution in [1.29, 1.82) is 0 Å². The number of carbonyl (C=O) groups is 2. The molecule has 1 aliphatic carbocycles. The van der Waals surface area contributed by atoms with Crippen molar-refractivity contribution in [3.63, 3.8) is 0 Å². The first-order valence-corrected chi connectivity index (χ1v) is 12.1. The Balaban J connectivity index is 1.83. The minimum atomic E-state index is -0.778. The van der Waals surface area contributed by atoms with Gasteiger partial charge in [-0.25, -0.2) is 0 Å². The topological polar surface area (TPSA) is 85.3 Å². The van der Waals surface area contributed by atoms with Gasteiger partial charge < -0.3 is 24.2 Å². The highest BCUT2D eigenvalue weighted by Crippen LogP contribution is 2.48. The Morgan fingerprint density at radius 1 is 1.03 bits per heavy atom. The monoisotopic (exact) mass is 479 g/mol. The third kappa shape index (κ3) is 4.72. The number of Topliss-reactive ketones (excluding diaryl/α,β-unsaturated/α-hetero) is 1. The van der Waals surface area contributed by atoms with Gasteiger partial charge in [0, 0.05) is 17.2 Å². The summed E-state index contributed by atoms with van der Waals surface area (Å²) in [6.45, 7) is 4.71. The minimum absolute atomic E-state index is 0.0595. The lowest BCUT2D eigenvalue weighted by Gasteiger charge is -2.31. The number of carbonyl (C=O) groups excluding carboxylic acids is 2. The third-order valence-corrected chi connectivity index (χ3v) is 6.64. The van der Waals surface area contributed by atoms with Crippen molar-refractivity contribution in [2.45, 2.75) is 51.6 Å². The fourth-order valence-corrected chi connectivity index (χ4v) is 4.97. The van der Waals surface area contributed by atoms with E-state index in [1.807, 2.05) is 6.07 Å². The van der Waals surface area contributed by atoms with E-state index in [-0.39, 0.29) is 17.4 Å². The number of rotatable bonds is 8. The maximum absolute atomic E-state index is 13.4. The van der Waals surface area contributed by atoms with Crippen molar-refractivity contribution in [3.05, 3.63) is 59.2 Å². The number of para-hydroxylation sites is 1. The normalized spacial score (nSPS) is 20.0. The summed E-state index contributed by atoms with van der Waals surface area (Å²) in [5.41, 5.74) is 1.11. The molecule has 1 saturated carbocycles. The molecule has 7 heteroatoms. The lowest BCUT2D eigenvalue weighted by Crippen LogP contribution is -2.37. The van der Waals surface area contributed by atoms with Crippen LogP contribution < -0.4 is 14.2 Å². The molecule has 1 heterocycles. The van der Waals surface area contributed by atoms with E-state index < -0.39 is 17.7 Å². The summed E-state index contributed by atoms with van der Waals surface area (Å²) in [4.78, 5) is 28.3.